The lowest BCUT2D eigenvalue weighted by molar-refractivity contribution is 0.624. The maximum Gasteiger partial charge on any atom is 0.146 e. The fourth-order valence-corrected chi connectivity index (χ4v) is 1.91. The van der Waals surface area contributed by atoms with E-state index in [1.54, 1.807) is 29.2 Å². The van der Waals surface area contributed by atoms with Crippen LogP contribution in [0.15, 0.2) is 42.5 Å². The van der Waals surface area contributed by atoms with Crippen LogP contribution in [0.25, 0.3) is 0 Å². The minimum absolute atomic E-state index is 0.292. The zero-order valence-electron chi connectivity index (χ0n) is 10.0. The van der Waals surface area contributed by atoms with E-state index in [0.717, 1.165) is 0 Å². The summed E-state index contributed by atoms with van der Waals surface area (Å²) in [6.07, 6.45) is 0. The van der Waals surface area contributed by atoms with Crippen molar-refractivity contribution in [2.75, 3.05) is 17.2 Å². The van der Waals surface area contributed by atoms with E-state index in [1.165, 1.54) is 18.2 Å². The molecule has 2 nitrogen and oxygen atoms in total. The Morgan fingerprint density at radius 1 is 1.06 bits per heavy atom. The summed E-state index contributed by atoms with van der Waals surface area (Å²) in [5.74, 6) is -0.732. The molecule has 0 fully saturated rings. The molecule has 2 aromatic carbocycles. The average Bonchev–Trinajstić information content (AvgIpc) is 2.34. The van der Waals surface area contributed by atoms with Crippen LogP contribution in [0.3, 0.4) is 0 Å². The van der Waals surface area contributed by atoms with Gasteiger partial charge in [0.1, 0.15) is 11.6 Å². The van der Waals surface area contributed by atoms with Crippen molar-refractivity contribution in [2.24, 2.45) is 0 Å². The lowest BCUT2D eigenvalue weighted by Gasteiger charge is -2.25. The minimum atomic E-state index is -0.402. The van der Waals surface area contributed by atoms with Gasteiger partial charge in [0, 0.05) is 6.54 Å². The van der Waals surface area contributed by atoms with E-state index < -0.39 is 5.82 Å². The molecule has 0 atom stereocenters. The second kappa shape index (κ2) is 5.04. The Morgan fingerprint density at radius 3 is 2.39 bits per heavy atom. The van der Waals surface area contributed by atoms with Gasteiger partial charge in [0.15, 0.2) is 0 Å². The molecule has 0 radical (unpaired) electrons. The third-order valence-corrected chi connectivity index (χ3v) is 2.74. The number of halogens is 2. The first kappa shape index (κ1) is 12.4. The van der Waals surface area contributed by atoms with Gasteiger partial charge in [-0.15, -0.1) is 0 Å². The number of nitrogens with zero attached hydrogens (tertiary/aromatic N) is 1. The van der Waals surface area contributed by atoms with Gasteiger partial charge in [-0.3, -0.25) is 0 Å². The molecule has 4 heteroatoms. The maximum absolute atomic E-state index is 13.8. The molecule has 0 aliphatic rings. The Kier molecular flexibility index (Phi) is 3.46. The van der Waals surface area contributed by atoms with Crippen LogP contribution >= 0.6 is 0 Å². The molecule has 18 heavy (non-hydrogen) atoms. The summed E-state index contributed by atoms with van der Waals surface area (Å²) >= 11 is 0. The van der Waals surface area contributed by atoms with Gasteiger partial charge in [0.05, 0.1) is 17.1 Å². The highest BCUT2D eigenvalue weighted by Crippen LogP contribution is 2.32. The minimum Gasteiger partial charge on any atom is -0.397 e. The topological polar surface area (TPSA) is 29.3 Å². The highest BCUT2D eigenvalue weighted by Gasteiger charge is 2.14. The average molecular weight is 248 g/mol. The second-order valence-electron chi connectivity index (χ2n) is 3.90. The van der Waals surface area contributed by atoms with Gasteiger partial charge in [0.2, 0.25) is 0 Å². The van der Waals surface area contributed by atoms with Gasteiger partial charge < -0.3 is 10.6 Å². The molecule has 94 valence electrons. The van der Waals surface area contributed by atoms with Crippen LogP contribution in [-0.2, 0) is 0 Å². The smallest absolute Gasteiger partial charge is 0.146 e. The number of para-hydroxylation sites is 1. The molecule has 0 heterocycles. The zero-order valence-corrected chi connectivity index (χ0v) is 10.0. The van der Waals surface area contributed by atoms with Gasteiger partial charge in [-0.1, -0.05) is 12.1 Å². The van der Waals surface area contributed by atoms with Gasteiger partial charge >= 0.3 is 0 Å². The van der Waals surface area contributed by atoms with Crippen LogP contribution in [0.2, 0.25) is 0 Å². The number of anilines is 3. The molecule has 0 unspecified atom stereocenters. The summed E-state index contributed by atoms with van der Waals surface area (Å²) in [6.45, 7) is 2.42. The Bertz CT molecular complexity index is 555. The van der Waals surface area contributed by atoms with Crippen molar-refractivity contribution in [1.29, 1.82) is 0 Å². The molecule has 0 saturated heterocycles. The summed E-state index contributed by atoms with van der Waals surface area (Å²) in [5, 5.41) is 0. The predicted octanol–water partition coefficient (Wildman–Crippen LogP) is 3.71. The van der Waals surface area contributed by atoms with E-state index >= 15 is 0 Å². The molecule has 2 N–H and O–H groups in total. The molecule has 2 rings (SSSR count). The number of nitrogen functional groups attached to an aromatic ring is 1. The first-order valence-electron chi connectivity index (χ1n) is 5.70. The Hall–Kier alpha value is -2.10. The second-order valence-corrected chi connectivity index (χ2v) is 3.90. The van der Waals surface area contributed by atoms with Crippen LogP contribution in [0.1, 0.15) is 6.92 Å². The van der Waals surface area contributed by atoms with Gasteiger partial charge in [-0.05, 0) is 37.3 Å². The zero-order chi connectivity index (χ0) is 13.1. The van der Waals surface area contributed by atoms with Crippen LogP contribution in [0.5, 0.6) is 0 Å². The lowest BCUT2D eigenvalue weighted by Crippen LogP contribution is -2.18. The molecule has 0 amide bonds. The van der Waals surface area contributed by atoms with Crippen molar-refractivity contribution in [3.05, 3.63) is 54.1 Å². The Morgan fingerprint density at radius 2 is 1.78 bits per heavy atom. The third-order valence-electron chi connectivity index (χ3n) is 2.74. The molecular weight excluding hydrogens is 234 g/mol. The van der Waals surface area contributed by atoms with Gasteiger partial charge in [-0.25, -0.2) is 8.78 Å². The van der Waals surface area contributed by atoms with Crippen LogP contribution in [0, 0.1) is 11.6 Å². The molecule has 0 saturated carbocycles. The monoisotopic (exact) mass is 248 g/mol. The van der Waals surface area contributed by atoms with Crippen molar-refractivity contribution < 1.29 is 8.78 Å². The van der Waals surface area contributed by atoms with E-state index in [4.69, 9.17) is 5.73 Å². The third kappa shape index (κ3) is 2.27. The van der Waals surface area contributed by atoms with E-state index in [2.05, 4.69) is 0 Å². The van der Waals surface area contributed by atoms with E-state index in [0.29, 0.717) is 23.6 Å². The SMILES string of the molecule is CCN(c1ccc(F)cc1N)c1ccccc1F. The standard InChI is InChI=1S/C14H14F2N2/c1-2-18(13-6-4-3-5-11(13)16)14-8-7-10(15)9-12(14)17/h3-9H,2,17H2,1H3. The quantitative estimate of drug-likeness (QED) is 0.839. The van der Waals surface area contributed by atoms with Crippen molar-refractivity contribution in [2.45, 2.75) is 6.92 Å². The largest absolute Gasteiger partial charge is 0.397 e. The highest BCUT2D eigenvalue weighted by atomic mass is 19.1. The number of nitrogens with two attached hydrogens (primary N) is 1. The predicted molar refractivity (Wildman–Crippen MR) is 69.9 cm³/mol. The Labute approximate surface area is 105 Å². The number of hydrogen-bond donors (Lipinski definition) is 1. The number of hydrogen-bond acceptors (Lipinski definition) is 2. The normalized spacial score (nSPS) is 10.4. The lowest BCUT2D eigenvalue weighted by atomic mass is 10.2. The van der Waals surface area contributed by atoms with E-state index in [-0.39, 0.29) is 5.82 Å². The maximum atomic E-state index is 13.8. The molecule has 0 aliphatic heterocycles. The van der Waals surface area contributed by atoms with Crippen LogP contribution in [-0.4, -0.2) is 6.54 Å². The summed E-state index contributed by atoms with van der Waals surface area (Å²) < 4.78 is 26.8. The van der Waals surface area contributed by atoms with Crippen molar-refractivity contribution in [3.63, 3.8) is 0 Å². The molecule has 0 aliphatic carbocycles. The summed E-state index contributed by atoms with van der Waals surface area (Å²) in [7, 11) is 0. The van der Waals surface area contributed by atoms with Crippen molar-refractivity contribution >= 4 is 17.1 Å². The number of benzene rings is 2. The summed E-state index contributed by atoms with van der Waals surface area (Å²) in [6, 6.07) is 10.5. The highest BCUT2D eigenvalue weighted by molar-refractivity contribution is 5.75. The van der Waals surface area contributed by atoms with Gasteiger partial charge in [0.25, 0.3) is 0 Å². The molecule has 0 bridgehead atoms. The van der Waals surface area contributed by atoms with Crippen molar-refractivity contribution in [3.8, 4) is 0 Å². The molecule has 2 aromatic rings. The fraction of sp³-hybridized carbons (Fsp3) is 0.143. The van der Waals surface area contributed by atoms with E-state index in [1.807, 2.05) is 6.92 Å². The fourth-order valence-electron chi connectivity index (χ4n) is 1.91. The summed E-state index contributed by atoms with van der Waals surface area (Å²) in [5.41, 5.74) is 7.10. The molecule has 0 aromatic heterocycles. The van der Waals surface area contributed by atoms with Crippen molar-refractivity contribution in [1.82, 2.24) is 0 Å². The number of rotatable bonds is 3. The molecule has 0 spiro atoms. The van der Waals surface area contributed by atoms with E-state index in [9.17, 15) is 8.78 Å². The molecular formula is C14H14F2N2. The summed E-state index contributed by atoms with van der Waals surface area (Å²) in [4.78, 5) is 1.71. The van der Waals surface area contributed by atoms with Crippen LogP contribution in [0.4, 0.5) is 25.8 Å². The van der Waals surface area contributed by atoms with Gasteiger partial charge in [-0.2, -0.15) is 0 Å². The Balaban J connectivity index is 2.49. The first-order valence-corrected chi connectivity index (χ1v) is 5.70. The first-order chi connectivity index (χ1) is 8.63. The van der Waals surface area contributed by atoms with Crippen LogP contribution < -0.4 is 10.6 Å².